The monoisotopic (exact) mass is 503 g/mol. The molecule has 2 aliphatic heterocycles. The number of benzene rings is 1. The number of nitrogens with zero attached hydrogens (tertiary/aromatic N) is 3. The van der Waals surface area contributed by atoms with Gasteiger partial charge in [-0.25, -0.2) is 4.98 Å². The van der Waals surface area contributed by atoms with Crippen LogP contribution < -0.4 is 9.80 Å². The van der Waals surface area contributed by atoms with Crippen LogP contribution in [0.5, 0.6) is 0 Å². The van der Waals surface area contributed by atoms with Crippen molar-refractivity contribution < 1.29 is 33.0 Å². The smallest absolute Gasteiger partial charge is 0.387 e. The van der Waals surface area contributed by atoms with Gasteiger partial charge in [0.2, 0.25) is 0 Å². The molecule has 4 rings (SSSR count). The summed E-state index contributed by atoms with van der Waals surface area (Å²) in [6.45, 7) is 1.51. The van der Waals surface area contributed by atoms with Gasteiger partial charge in [0.25, 0.3) is 11.8 Å². The van der Waals surface area contributed by atoms with Crippen molar-refractivity contribution >= 4 is 46.5 Å². The Morgan fingerprint density at radius 2 is 1.91 bits per heavy atom. The Kier molecular flexibility index (Phi) is 6.06. The molecule has 3 atom stereocenters. The molecule has 12 heteroatoms. The van der Waals surface area contributed by atoms with Gasteiger partial charge in [-0.15, -0.1) is 0 Å². The third kappa shape index (κ3) is 4.05. The predicted octanol–water partition coefficient (Wildman–Crippen LogP) is 3.13. The first-order valence-electron chi connectivity index (χ1n) is 9.95. The second-order valence-electron chi connectivity index (χ2n) is 7.89. The topological polar surface area (TPSA) is 94.0 Å². The average Bonchev–Trinajstić information content (AvgIpc) is 2.98. The summed E-state index contributed by atoms with van der Waals surface area (Å²) in [6.07, 6.45) is -7.59. The molecule has 2 aromatic rings. The third-order valence-electron chi connectivity index (χ3n) is 5.72. The van der Waals surface area contributed by atoms with E-state index in [1.54, 1.807) is 6.07 Å². The second-order valence-corrected chi connectivity index (χ2v) is 8.68. The molecule has 2 N–H and O–H groups in total. The van der Waals surface area contributed by atoms with Crippen LogP contribution in [0.4, 0.5) is 24.7 Å². The van der Waals surface area contributed by atoms with Crippen molar-refractivity contribution in [2.24, 2.45) is 0 Å². The molecule has 1 aromatic heterocycles. The first-order chi connectivity index (χ1) is 15.4. The second kappa shape index (κ2) is 8.43. The zero-order valence-corrected chi connectivity index (χ0v) is 18.6. The summed E-state index contributed by atoms with van der Waals surface area (Å²) in [4.78, 5) is 32.1. The highest BCUT2D eigenvalue weighted by Gasteiger charge is 2.53. The van der Waals surface area contributed by atoms with Crippen LogP contribution in [0.3, 0.4) is 0 Å². The summed E-state index contributed by atoms with van der Waals surface area (Å²) >= 11 is 12.3. The summed E-state index contributed by atoms with van der Waals surface area (Å²) < 4.78 is 40.0. The molecular weight excluding hydrogens is 486 g/mol. The van der Waals surface area contributed by atoms with Gasteiger partial charge in [-0.05, 0) is 49.6 Å². The molecule has 176 valence electrons. The number of pyridine rings is 1. The van der Waals surface area contributed by atoms with Gasteiger partial charge in [0, 0.05) is 17.9 Å². The van der Waals surface area contributed by atoms with E-state index >= 15 is 0 Å². The van der Waals surface area contributed by atoms with Crippen LogP contribution in [0, 0.1) is 6.92 Å². The largest absolute Gasteiger partial charge is 0.416 e. The molecule has 33 heavy (non-hydrogen) atoms. The Balaban J connectivity index is 1.79. The highest BCUT2D eigenvalue weighted by Crippen LogP contribution is 2.39. The van der Waals surface area contributed by atoms with Crippen LogP contribution in [0.25, 0.3) is 0 Å². The van der Waals surface area contributed by atoms with E-state index in [0.717, 1.165) is 6.07 Å². The van der Waals surface area contributed by atoms with E-state index in [9.17, 15) is 33.0 Å². The van der Waals surface area contributed by atoms with E-state index in [4.69, 9.17) is 23.2 Å². The van der Waals surface area contributed by atoms with Crippen LogP contribution in [-0.4, -0.2) is 51.8 Å². The lowest BCUT2D eigenvalue weighted by Gasteiger charge is -2.35. The minimum Gasteiger partial charge on any atom is -0.387 e. The van der Waals surface area contributed by atoms with Gasteiger partial charge in [-0.2, -0.15) is 13.2 Å². The third-order valence-corrected chi connectivity index (χ3v) is 6.56. The molecular formula is C21H18Cl2F3N3O4. The number of aryl methyl sites for hydroxylation is 1. The molecule has 7 nitrogen and oxygen atoms in total. The van der Waals surface area contributed by atoms with Gasteiger partial charge >= 0.3 is 6.18 Å². The molecule has 0 bridgehead atoms. The van der Waals surface area contributed by atoms with E-state index in [2.05, 4.69) is 4.98 Å². The summed E-state index contributed by atoms with van der Waals surface area (Å²) in [5, 5.41) is 21.3. The zero-order valence-electron chi connectivity index (χ0n) is 17.1. The summed E-state index contributed by atoms with van der Waals surface area (Å²) in [7, 11) is 0. The van der Waals surface area contributed by atoms with Crippen molar-refractivity contribution in [3.8, 4) is 0 Å². The molecule has 0 aliphatic carbocycles. The lowest BCUT2D eigenvalue weighted by Crippen LogP contribution is -2.52. The number of halogens is 5. The molecule has 0 spiro atoms. The number of carbonyl (C=O) groups excluding carboxylic acids is 2. The number of aromatic nitrogens is 1. The molecule has 1 aromatic carbocycles. The number of hydrogen-bond donors (Lipinski definition) is 2. The molecule has 2 amide bonds. The van der Waals surface area contributed by atoms with Crippen LogP contribution >= 0.6 is 23.2 Å². The fraction of sp³-hybridized carbons (Fsp3) is 0.381. The molecule has 1 saturated heterocycles. The molecule has 0 saturated carbocycles. The lowest BCUT2D eigenvalue weighted by atomic mass is 9.99. The summed E-state index contributed by atoms with van der Waals surface area (Å²) in [6, 6.07) is 2.77. The van der Waals surface area contributed by atoms with Crippen LogP contribution in [0.15, 0.2) is 24.3 Å². The SMILES string of the molecule is Cc1cc(C(F)(F)F)cc(N2C(=O)[C@@H](O)[C@@H](O)[C@H]2C(=O)N2CCCc3c2ccc(Cl)c3Cl)n1. The van der Waals surface area contributed by atoms with Crippen molar-refractivity contribution in [1.82, 2.24) is 4.98 Å². The van der Waals surface area contributed by atoms with E-state index < -0.39 is 47.6 Å². The Hall–Kier alpha value is -2.40. The van der Waals surface area contributed by atoms with Crippen molar-refractivity contribution in [2.45, 2.75) is 44.2 Å². The number of amides is 2. The van der Waals surface area contributed by atoms with Gasteiger partial charge < -0.3 is 15.1 Å². The van der Waals surface area contributed by atoms with E-state index in [-0.39, 0.29) is 17.3 Å². The van der Waals surface area contributed by atoms with Crippen molar-refractivity contribution in [3.63, 3.8) is 0 Å². The predicted molar refractivity (Wildman–Crippen MR) is 114 cm³/mol. The first kappa shape index (κ1) is 23.7. The number of aliphatic hydroxyl groups excluding tert-OH is 2. The van der Waals surface area contributed by atoms with Crippen molar-refractivity contribution in [3.05, 3.63) is 51.1 Å². The number of alkyl halides is 3. The van der Waals surface area contributed by atoms with Crippen LogP contribution in [0.2, 0.25) is 10.0 Å². The maximum atomic E-state index is 13.5. The minimum absolute atomic E-state index is 0.0561. The summed E-state index contributed by atoms with van der Waals surface area (Å²) in [5.41, 5.74) is -0.124. The maximum absolute atomic E-state index is 13.5. The molecule has 2 aliphatic rings. The number of carbonyl (C=O) groups is 2. The van der Waals surface area contributed by atoms with E-state index in [0.29, 0.717) is 40.1 Å². The highest BCUT2D eigenvalue weighted by atomic mass is 35.5. The van der Waals surface area contributed by atoms with E-state index in [1.165, 1.54) is 17.9 Å². The molecule has 3 heterocycles. The molecule has 0 radical (unpaired) electrons. The van der Waals surface area contributed by atoms with Gasteiger partial charge in [0.05, 0.1) is 15.6 Å². The first-order valence-corrected chi connectivity index (χ1v) is 10.7. The summed E-state index contributed by atoms with van der Waals surface area (Å²) in [5.74, 6) is -2.41. The van der Waals surface area contributed by atoms with Crippen molar-refractivity contribution in [1.29, 1.82) is 0 Å². The van der Waals surface area contributed by atoms with Gasteiger partial charge in [0.1, 0.15) is 18.0 Å². The number of fused-ring (bicyclic) bond motifs is 1. The number of anilines is 2. The highest BCUT2D eigenvalue weighted by molar-refractivity contribution is 6.42. The van der Waals surface area contributed by atoms with Gasteiger partial charge in [-0.1, -0.05) is 23.2 Å². The minimum atomic E-state index is -4.73. The Labute approximate surface area is 196 Å². The Bertz CT molecular complexity index is 1140. The maximum Gasteiger partial charge on any atom is 0.416 e. The number of rotatable bonds is 2. The molecule has 0 unspecified atom stereocenters. The van der Waals surface area contributed by atoms with Crippen molar-refractivity contribution in [2.75, 3.05) is 16.3 Å². The van der Waals surface area contributed by atoms with Gasteiger partial charge in [0.15, 0.2) is 6.10 Å². The van der Waals surface area contributed by atoms with Gasteiger partial charge in [-0.3, -0.25) is 14.5 Å². The van der Waals surface area contributed by atoms with Crippen LogP contribution in [0.1, 0.15) is 23.2 Å². The number of aliphatic hydroxyl groups is 2. The fourth-order valence-corrected chi connectivity index (χ4v) is 4.63. The standard InChI is InChI=1S/C21H18Cl2F3N3O4/c1-9-7-10(21(24,25)26)8-14(27-9)29-16(17(30)18(31)20(29)33)19(32)28-6-2-3-11-13(28)5-4-12(22)15(11)23/h4-5,7-8,16-18,30-31H,2-3,6H2,1H3/t16-,17-,18-/m0/s1. The van der Waals surface area contributed by atoms with Crippen LogP contribution in [-0.2, 0) is 22.2 Å². The fourth-order valence-electron chi connectivity index (χ4n) is 4.20. The molecule has 1 fully saturated rings. The quantitative estimate of drug-likeness (QED) is 0.656. The normalized spacial score (nSPS) is 23.2. The van der Waals surface area contributed by atoms with E-state index in [1.807, 2.05) is 0 Å². The number of hydrogen-bond acceptors (Lipinski definition) is 5. The Morgan fingerprint density at radius 3 is 2.58 bits per heavy atom. The lowest BCUT2D eigenvalue weighted by molar-refractivity contribution is -0.137. The Morgan fingerprint density at radius 1 is 1.21 bits per heavy atom. The zero-order chi connectivity index (χ0) is 24.2. The average molecular weight is 504 g/mol.